The number of nitrogens with zero attached hydrogens (tertiary/aromatic N) is 4. The lowest BCUT2D eigenvalue weighted by Crippen LogP contribution is -2.21. The Morgan fingerprint density at radius 3 is 2.30 bits per heavy atom. The number of alkyl halides is 3. The number of aryl methyl sites for hydroxylation is 2. The van der Waals surface area contributed by atoms with Gasteiger partial charge in [-0.1, -0.05) is 18.2 Å². The number of aliphatic imine (C=N–C) groups is 1. The summed E-state index contributed by atoms with van der Waals surface area (Å²) >= 11 is 1.65. The van der Waals surface area contributed by atoms with Gasteiger partial charge in [0, 0.05) is 33.4 Å². The molecule has 4 aromatic rings. The lowest BCUT2D eigenvalue weighted by Gasteiger charge is -2.13. The Balaban J connectivity index is 0.000000617. The van der Waals surface area contributed by atoms with Gasteiger partial charge in [0.05, 0.1) is 19.2 Å². The second-order valence-corrected chi connectivity index (χ2v) is 11.1. The molecule has 0 saturated carbocycles. The molecule has 2 aromatic carbocycles. The van der Waals surface area contributed by atoms with Gasteiger partial charge in [-0.3, -0.25) is 14.4 Å². The summed E-state index contributed by atoms with van der Waals surface area (Å²) < 4.78 is 44.0. The Labute approximate surface area is 264 Å². The van der Waals surface area contributed by atoms with Crippen molar-refractivity contribution in [1.82, 2.24) is 14.8 Å². The molecule has 0 saturated heterocycles. The third-order valence-electron chi connectivity index (χ3n) is 6.71. The lowest BCUT2D eigenvalue weighted by atomic mass is 9.99. The maximum Gasteiger partial charge on any atom is 0.490 e. The number of ether oxygens (including phenoxy) is 2. The first-order valence-corrected chi connectivity index (χ1v) is 14.3. The number of hydrogen-bond acceptors (Lipinski definition) is 10. The van der Waals surface area contributed by atoms with Crippen LogP contribution in [0, 0.1) is 20.8 Å². The number of fused-ring (bicyclic) bond motifs is 3. The Hall–Kier alpha value is -5.25. The van der Waals surface area contributed by atoms with Crippen LogP contribution >= 0.6 is 11.3 Å². The number of anilines is 2. The predicted octanol–water partition coefficient (Wildman–Crippen LogP) is 5.55. The molecule has 3 N–H and O–H groups in total. The number of esters is 1. The van der Waals surface area contributed by atoms with E-state index in [9.17, 15) is 22.8 Å². The van der Waals surface area contributed by atoms with Crippen LogP contribution in [0.25, 0.3) is 5.00 Å². The van der Waals surface area contributed by atoms with Crippen molar-refractivity contribution in [2.75, 3.05) is 19.0 Å². The number of carboxylic acids is 2. The van der Waals surface area contributed by atoms with Gasteiger partial charge in [0.2, 0.25) is 0 Å². The predicted molar refractivity (Wildman–Crippen MR) is 161 cm³/mol. The molecule has 0 amide bonds. The molecule has 0 spiro atoms. The van der Waals surface area contributed by atoms with Gasteiger partial charge in [-0.15, -0.1) is 21.5 Å². The van der Waals surface area contributed by atoms with Crippen molar-refractivity contribution in [3.8, 4) is 10.8 Å². The number of aromatic nitrogens is 3. The van der Waals surface area contributed by atoms with Gasteiger partial charge >= 0.3 is 24.1 Å². The maximum absolute atomic E-state index is 12.3. The van der Waals surface area contributed by atoms with Gasteiger partial charge in [0.25, 0.3) is 0 Å². The summed E-state index contributed by atoms with van der Waals surface area (Å²) in [4.78, 5) is 38.3. The largest absolute Gasteiger partial charge is 0.490 e. The van der Waals surface area contributed by atoms with Gasteiger partial charge in [0.15, 0.2) is 12.4 Å². The first kappa shape index (κ1) is 33.6. The van der Waals surface area contributed by atoms with Crippen molar-refractivity contribution in [2.45, 2.75) is 39.4 Å². The average molecular weight is 660 g/mol. The average Bonchev–Trinajstić information content (AvgIpc) is 3.48. The minimum absolute atomic E-state index is 0.0467. The Morgan fingerprint density at radius 1 is 1.02 bits per heavy atom. The summed E-state index contributed by atoms with van der Waals surface area (Å²) in [6, 6.07) is 14.4. The van der Waals surface area contributed by atoms with Crippen molar-refractivity contribution >= 4 is 46.3 Å². The van der Waals surface area contributed by atoms with E-state index in [2.05, 4.69) is 29.4 Å². The number of hydrogen-bond donors (Lipinski definition) is 3. The molecular weight excluding hydrogens is 631 g/mol. The summed E-state index contributed by atoms with van der Waals surface area (Å²) in [5, 5.41) is 29.0. The monoisotopic (exact) mass is 659 g/mol. The lowest BCUT2D eigenvalue weighted by molar-refractivity contribution is -0.192. The number of carbonyl (C=O) groups excluding carboxylic acids is 1. The third kappa shape index (κ3) is 7.69. The second-order valence-electron chi connectivity index (χ2n) is 9.89. The van der Waals surface area contributed by atoms with E-state index in [0.717, 1.165) is 44.6 Å². The molecule has 0 aliphatic carbocycles. The Kier molecular flexibility index (Phi) is 10.1. The topological polar surface area (TPSA) is 165 Å². The number of halogens is 3. The summed E-state index contributed by atoms with van der Waals surface area (Å²) in [6.07, 6.45) is -5.04. The summed E-state index contributed by atoms with van der Waals surface area (Å²) in [6.45, 7) is 5.65. The van der Waals surface area contributed by atoms with Crippen LogP contribution in [0.5, 0.6) is 5.75 Å². The van der Waals surface area contributed by atoms with E-state index < -0.39 is 30.8 Å². The molecule has 1 atom stereocenters. The van der Waals surface area contributed by atoms with Crippen LogP contribution in [0.15, 0.2) is 53.5 Å². The minimum Gasteiger partial charge on any atom is -0.482 e. The fourth-order valence-corrected chi connectivity index (χ4v) is 5.67. The molecule has 1 aliphatic rings. The van der Waals surface area contributed by atoms with Crippen molar-refractivity contribution in [3.63, 3.8) is 0 Å². The second kappa shape index (κ2) is 13.8. The molecule has 242 valence electrons. The molecule has 2 aromatic heterocycles. The van der Waals surface area contributed by atoms with Crippen molar-refractivity contribution < 1.29 is 47.2 Å². The molecule has 1 aliphatic heterocycles. The van der Waals surface area contributed by atoms with Crippen molar-refractivity contribution in [3.05, 3.63) is 81.7 Å². The number of thiophene rings is 1. The van der Waals surface area contributed by atoms with E-state index in [-0.39, 0.29) is 12.4 Å². The molecule has 0 unspecified atom stereocenters. The van der Waals surface area contributed by atoms with Crippen LogP contribution in [-0.4, -0.2) is 68.5 Å². The Morgan fingerprint density at radius 2 is 1.70 bits per heavy atom. The number of benzene rings is 2. The molecule has 0 fully saturated rings. The van der Waals surface area contributed by atoms with Crippen LogP contribution in [0.3, 0.4) is 0 Å². The van der Waals surface area contributed by atoms with Crippen molar-refractivity contribution in [2.24, 2.45) is 4.99 Å². The highest BCUT2D eigenvalue weighted by molar-refractivity contribution is 7.15. The molecule has 16 heteroatoms. The Bertz CT molecular complexity index is 1800. The summed E-state index contributed by atoms with van der Waals surface area (Å²) in [7, 11) is 1.36. The van der Waals surface area contributed by atoms with Crippen LogP contribution < -0.4 is 10.1 Å². The molecular formula is C30H28F3N5O7S. The van der Waals surface area contributed by atoms with Crippen LogP contribution in [0.1, 0.15) is 45.7 Å². The highest BCUT2D eigenvalue weighted by Gasteiger charge is 2.38. The van der Waals surface area contributed by atoms with Gasteiger partial charge < -0.3 is 25.0 Å². The smallest absolute Gasteiger partial charge is 0.482 e. The number of carboxylic acid groups (broad SMARTS) is 2. The third-order valence-corrected chi connectivity index (χ3v) is 7.91. The molecule has 5 rings (SSSR count). The van der Waals surface area contributed by atoms with Crippen LogP contribution in [-0.2, 0) is 19.1 Å². The quantitative estimate of drug-likeness (QED) is 0.204. The molecule has 0 radical (unpaired) electrons. The van der Waals surface area contributed by atoms with Gasteiger partial charge in [0.1, 0.15) is 22.6 Å². The van der Waals surface area contributed by atoms with Gasteiger partial charge in [-0.2, -0.15) is 13.2 Å². The zero-order chi connectivity index (χ0) is 33.8. The van der Waals surface area contributed by atoms with Gasteiger partial charge in [-0.05, 0) is 50.6 Å². The fraction of sp³-hybridized carbons (Fsp3) is 0.267. The number of carbonyl (C=O) groups is 3. The number of nitrogens with one attached hydrogen (secondary N) is 1. The molecule has 12 nitrogen and oxygen atoms in total. The first-order chi connectivity index (χ1) is 21.7. The van der Waals surface area contributed by atoms with E-state index in [1.807, 2.05) is 41.8 Å². The van der Waals surface area contributed by atoms with Crippen molar-refractivity contribution in [1.29, 1.82) is 0 Å². The van der Waals surface area contributed by atoms with E-state index in [4.69, 9.17) is 29.5 Å². The van der Waals surface area contributed by atoms with Gasteiger partial charge in [-0.25, -0.2) is 9.59 Å². The van der Waals surface area contributed by atoms with E-state index in [0.29, 0.717) is 11.6 Å². The maximum atomic E-state index is 12.3. The number of aliphatic carboxylic acids is 2. The van der Waals surface area contributed by atoms with Crippen LogP contribution in [0.2, 0.25) is 0 Å². The zero-order valence-corrected chi connectivity index (χ0v) is 25.7. The minimum atomic E-state index is -5.08. The summed E-state index contributed by atoms with van der Waals surface area (Å²) in [5.41, 5.74) is 5.38. The SMILES string of the molecule is COC(=O)C[C@@H]1N=C(c2ccc(Nc3cccc(OCC(=O)O)c3)cc2)c2c(sc(C)c2C)-n2c(C)nnc21.O=C(O)C(F)(F)F. The zero-order valence-electron chi connectivity index (χ0n) is 24.9. The number of methoxy groups -OCH3 is 1. The highest BCUT2D eigenvalue weighted by atomic mass is 32.1. The van der Waals surface area contributed by atoms with E-state index in [1.165, 1.54) is 12.0 Å². The van der Waals surface area contributed by atoms with Crippen LogP contribution in [0.4, 0.5) is 24.5 Å². The van der Waals surface area contributed by atoms with E-state index in [1.54, 1.807) is 29.5 Å². The standard InChI is InChI=1S/C28H27N5O5S.C2HF3O2/c1-15-16(2)39-28-25(15)26(30-22(13-24(36)37-4)27-32-31-17(3)33(27)28)18-8-10-19(11-9-18)29-20-6-5-7-21(12-20)38-14-23(34)35;3-2(4,5)1(6)7/h5-12,22,29H,13-14H2,1-4H3,(H,34,35);(H,6,7)/t22-;/m0./s1. The first-order valence-electron chi connectivity index (χ1n) is 13.5. The fourth-order valence-electron chi connectivity index (χ4n) is 4.45. The summed E-state index contributed by atoms with van der Waals surface area (Å²) in [5.74, 6) is -2.36. The molecule has 3 heterocycles. The molecule has 0 bridgehead atoms. The number of rotatable bonds is 8. The molecule has 46 heavy (non-hydrogen) atoms. The highest BCUT2D eigenvalue weighted by Crippen LogP contribution is 2.39. The normalized spacial score (nSPS) is 13.6. The van der Waals surface area contributed by atoms with E-state index >= 15 is 0 Å².